The van der Waals surface area contributed by atoms with Crippen LogP contribution in [-0.4, -0.2) is 48.4 Å². The van der Waals surface area contributed by atoms with Crippen molar-refractivity contribution < 1.29 is 28.7 Å². The van der Waals surface area contributed by atoms with Crippen LogP contribution in [0, 0.1) is 10.5 Å². The fraction of sp³-hybridized carbons (Fsp3) is 0.308. The van der Waals surface area contributed by atoms with Crippen molar-refractivity contribution in [3.8, 4) is 11.5 Å². The van der Waals surface area contributed by atoms with E-state index < -0.39 is 17.8 Å². The zero-order valence-electron chi connectivity index (χ0n) is 19.9. The number of carbonyl (C=O) groups excluding carboxylic acids is 4. The molecule has 0 spiro atoms. The topological polar surface area (TPSA) is 114 Å². The highest BCUT2D eigenvalue weighted by atomic mass is 127. The Hall–Kier alpha value is -3.41. The van der Waals surface area contributed by atoms with E-state index in [0.29, 0.717) is 26.3 Å². The summed E-state index contributed by atoms with van der Waals surface area (Å²) < 4.78 is 11.8. The number of methoxy groups -OCH3 is 1. The number of rotatable bonds is 7. The van der Waals surface area contributed by atoms with Crippen LogP contribution in [0.4, 0.5) is 10.5 Å². The number of urea groups is 1. The second-order valence-corrected chi connectivity index (χ2v) is 9.83. The maximum Gasteiger partial charge on any atom is 0.331 e. The third-order valence-electron chi connectivity index (χ3n) is 6.07. The van der Waals surface area contributed by atoms with Gasteiger partial charge in [0.1, 0.15) is 5.57 Å². The first kappa shape index (κ1) is 25.7. The summed E-state index contributed by atoms with van der Waals surface area (Å²) in [6.45, 7) is 1.73. The first-order valence-electron chi connectivity index (χ1n) is 11.5. The smallest absolute Gasteiger partial charge is 0.331 e. The van der Waals surface area contributed by atoms with Gasteiger partial charge in [-0.25, -0.2) is 4.79 Å². The van der Waals surface area contributed by atoms with Crippen LogP contribution < -0.4 is 20.1 Å². The van der Waals surface area contributed by atoms with E-state index in [0.717, 1.165) is 36.1 Å². The highest BCUT2D eigenvalue weighted by Crippen LogP contribution is 2.35. The SMILES string of the molecule is COc1cc(/C=C2\C(=O)NC(=O)N(C3CCCC3)C2=O)cc(I)c1OCC(=O)Nc1ccc(C)cc1. The number of hydrogen-bond acceptors (Lipinski definition) is 6. The zero-order chi connectivity index (χ0) is 25.8. The summed E-state index contributed by atoms with van der Waals surface area (Å²) in [5.74, 6) is -0.964. The van der Waals surface area contributed by atoms with Crippen molar-refractivity contribution in [3.05, 3.63) is 56.7 Å². The Kier molecular flexibility index (Phi) is 7.92. The number of hydrogen-bond donors (Lipinski definition) is 2. The van der Waals surface area contributed by atoms with Crippen molar-refractivity contribution in [2.24, 2.45) is 0 Å². The zero-order valence-corrected chi connectivity index (χ0v) is 22.1. The van der Waals surface area contributed by atoms with Crippen molar-refractivity contribution in [1.82, 2.24) is 10.2 Å². The quantitative estimate of drug-likeness (QED) is 0.281. The summed E-state index contributed by atoms with van der Waals surface area (Å²) >= 11 is 2.04. The van der Waals surface area contributed by atoms with Crippen LogP contribution >= 0.6 is 22.6 Å². The monoisotopic (exact) mass is 603 g/mol. The molecular weight excluding hydrogens is 577 g/mol. The van der Waals surface area contributed by atoms with Crippen LogP contribution in [0.25, 0.3) is 6.08 Å². The van der Waals surface area contributed by atoms with Gasteiger partial charge in [0.05, 0.1) is 10.7 Å². The number of anilines is 1. The molecule has 1 aliphatic carbocycles. The molecule has 188 valence electrons. The molecule has 1 heterocycles. The number of aryl methyl sites for hydroxylation is 1. The molecule has 2 aromatic carbocycles. The fourth-order valence-corrected chi connectivity index (χ4v) is 5.05. The fourth-order valence-electron chi connectivity index (χ4n) is 4.27. The molecule has 1 saturated carbocycles. The van der Waals surface area contributed by atoms with Gasteiger partial charge in [-0.3, -0.25) is 24.6 Å². The summed E-state index contributed by atoms with van der Waals surface area (Å²) in [5, 5.41) is 5.05. The van der Waals surface area contributed by atoms with Crippen molar-refractivity contribution in [2.45, 2.75) is 38.6 Å². The molecule has 0 atom stereocenters. The Morgan fingerprint density at radius 3 is 2.53 bits per heavy atom. The Morgan fingerprint density at radius 2 is 1.86 bits per heavy atom. The van der Waals surface area contributed by atoms with Crippen molar-refractivity contribution >= 4 is 58.1 Å². The van der Waals surface area contributed by atoms with Gasteiger partial charge in [-0.1, -0.05) is 30.5 Å². The second-order valence-electron chi connectivity index (χ2n) is 8.67. The maximum atomic E-state index is 13.1. The van der Waals surface area contributed by atoms with Crippen LogP contribution in [-0.2, 0) is 14.4 Å². The minimum atomic E-state index is -0.735. The molecule has 2 fully saturated rings. The van der Waals surface area contributed by atoms with E-state index in [2.05, 4.69) is 10.6 Å². The summed E-state index contributed by atoms with van der Waals surface area (Å²) in [7, 11) is 1.46. The van der Waals surface area contributed by atoms with Gasteiger partial charge in [-0.15, -0.1) is 0 Å². The van der Waals surface area contributed by atoms with E-state index in [1.165, 1.54) is 13.2 Å². The number of carbonyl (C=O) groups is 4. The largest absolute Gasteiger partial charge is 0.493 e. The number of amides is 5. The summed E-state index contributed by atoms with van der Waals surface area (Å²) in [5.41, 5.74) is 2.15. The lowest BCUT2D eigenvalue weighted by molar-refractivity contribution is -0.131. The predicted molar refractivity (Wildman–Crippen MR) is 142 cm³/mol. The number of halogens is 1. The molecule has 2 aromatic rings. The lowest BCUT2D eigenvalue weighted by Crippen LogP contribution is -2.57. The number of nitrogens with zero attached hydrogens (tertiary/aromatic N) is 1. The minimum Gasteiger partial charge on any atom is -0.493 e. The van der Waals surface area contributed by atoms with Crippen LogP contribution in [0.1, 0.15) is 36.8 Å². The van der Waals surface area contributed by atoms with Gasteiger partial charge in [0.15, 0.2) is 18.1 Å². The molecule has 0 bridgehead atoms. The van der Waals surface area contributed by atoms with Gasteiger partial charge in [0.2, 0.25) is 0 Å². The minimum absolute atomic E-state index is 0.120. The molecule has 2 aliphatic rings. The van der Waals surface area contributed by atoms with Gasteiger partial charge in [-0.2, -0.15) is 0 Å². The Labute approximate surface area is 222 Å². The maximum absolute atomic E-state index is 13.1. The van der Waals surface area contributed by atoms with E-state index in [-0.39, 0.29) is 24.1 Å². The van der Waals surface area contributed by atoms with E-state index >= 15 is 0 Å². The second kappa shape index (κ2) is 11.1. The number of barbiturate groups is 1. The van der Waals surface area contributed by atoms with Gasteiger partial charge in [-0.05, 0) is 78.3 Å². The Balaban J connectivity index is 1.51. The number of ether oxygens (including phenoxy) is 2. The van der Waals surface area contributed by atoms with Crippen molar-refractivity contribution in [3.63, 3.8) is 0 Å². The highest BCUT2D eigenvalue weighted by molar-refractivity contribution is 14.1. The Bertz CT molecular complexity index is 1230. The molecule has 2 N–H and O–H groups in total. The molecule has 0 unspecified atom stereocenters. The molecule has 9 nitrogen and oxygen atoms in total. The molecule has 1 saturated heterocycles. The lowest BCUT2D eigenvalue weighted by atomic mass is 10.0. The first-order valence-corrected chi connectivity index (χ1v) is 12.6. The van der Waals surface area contributed by atoms with Gasteiger partial charge >= 0.3 is 6.03 Å². The molecule has 36 heavy (non-hydrogen) atoms. The van der Waals surface area contributed by atoms with Crippen molar-refractivity contribution in [2.75, 3.05) is 19.0 Å². The summed E-state index contributed by atoms with van der Waals surface area (Å²) in [4.78, 5) is 51.4. The van der Waals surface area contributed by atoms with Gasteiger partial charge < -0.3 is 14.8 Å². The highest BCUT2D eigenvalue weighted by Gasteiger charge is 2.40. The Morgan fingerprint density at radius 1 is 1.17 bits per heavy atom. The normalized spacial score (nSPS) is 17.4. The van der Waals surface area contributed by atoms with Crippen LogP contribution in [0.2, 0.25) is 0 Å². The average molecular weight is 603 g/mol. The number of benzene rings is 2. The van der Waals surface area contributed by atoms with E-state index in [4.69, 9.17) is 9.47 Å². The van der Waals surface area contributed by atoms with Gasteiger partial charge in [0.25, 0.3) is 17.7 Å². The molecule has 5 amide bonds. The van der Waals surface area contributed by atoms with Crippen LogP contribution in [0.15, 0.2) is 42.0 Å². The third kappa shape index (κ3) is 5.69. The molecule has 0 radical (unpaired) electrons. The van der Waals surface area contributed by atoms with Crippen molar-refractivity contribution in [1.29, 1.82) is 0 Å². The summed E-state index contributed by atoms with van der Waals surface area (Å²) in [6.07, 6.45) is 4.78. The molecule has 4 rings (SSSR count). The van der Waals surface area contributed by atoms with Crippen LogP contribution in [0.5, 0.6) is 11.5 Å². The molecule has 10 heteroatoms. The van der Waals surface area contributed by atoms with E-state index in [1.54, 1.807) is 12.1 Å². The molecular formula is C26H26IN3O6. The molecule has 0 aromatic heterocycles. The standard InChI is InChI=1S/C26H26IN3O6/c1-15-7-9-17(10-8-15)28-22(31)14-36-23-20(27)12-16(13-21(23)35-2)11-19-24(32)29-26(34)30(25(19)33)18-5-3-4-6-18/h7-13,18H,3-6,14H2,1-2H3,(H,28,31)(H,29,32,34)/b19-11+. The summed E-state index contributed by atoms with van der Waals surface area (Å²) in [6, 6.07) is 9.86. The first-order chi connectivity index (χ1) is 17.3. The van der Waals surface area contributed by atoms with E-state index in [1.807, 2.05) is 53.8 Å². The van der Waals surface area contributed by atoms with Gasteiger partial charge in [0, 0.05) is 11.7 Å². The third-order valence-corrected chi connectivity index (χ3v) is 6.87. The number of nitrogens with one attached hydrogen (secondary N) is 2. The van der Waals surface area contributed by atoms with Crippen LogP contribution in [0.3, 0.4) is 0 Å². The lowest BCUT2D eigenvalue weighted by Gasteiger charge is -2.31. The van der Waals surface area contributed by atoms with E-state index in [9.17, 15) is 19.2 Å². The molecule has 1 aliphatic heterocycles. The average Bonchev–Trinajstić information content (AvgIpc) is 3.36. The predicted octanol–water partition coefficient (Wildman–Crippen LogP) is 4.03. The number of imide groups is 2.